The molecule has 1 fully saturated rings. The van der Waals surface area contributed by atoms with Crippen LogP contribution in [-0.2, 0) is 4.57 Å². The summed E-state index contributed by atoms with van der Waals surface area (Å²) in [6, 6.07) is 7.26. The van der Waals surface area contributed by atoms with Gasteiger partial charge in [-0.3, -0.25) is 4.57 Å². The summed E-state index contributed by atoms with van der Waals surface area (Å²) in [4.78, 5) is 1.11. The van der Waals surface area contributed by atoms with Gasteiger partial charge in [0, 0.05) is 18.0 Å². The van der Waals surface area contributed by atoms with Crippen molar-refractivity contribution in [1.82, 2.24) is 4.83 Å². The third-order valence-corrected chi connectivity index (χ3v) is 7.19. The van der Waals surface area contributed by atoms with Crippen LogP contribution in [0.3, 0.4) is 0 Å². The summed E-state index contributed by atoms with van der Waals surface area (Å²) in [6.07, 6.45) is 3.56. The molecule has 2 unspecified atom stereocenters. The predicted molar refractivity (Wildman–Crippen MR) is 85.8 cm³/mol. The van der Waals surface area contributed by atoms with E-state index in [1.54, 1.807) is 7.11 Å². The van der Waals surface area contributed by atoms with Crippen LogP contribution in [0.15, 0.2) is 24.3 Å². The van der Waals surface area contributed by atoms with E-state index < -0.39 is 7.29 Å². The Balaban J connectivity index is 2.27. The summed E-state index contributed by atoms with van der Waals surface area (Å²) in [7, 11) is -1.30. The summed E-state index contributed by atoms with van der Waals surface area (Å²) < 4.78 is 18.6. The third-order valence-electron chi connectivity index (χ3n) is 4.13. The molecule has 1 N–H and O–H groups in total. The van der Waals surface area contributed by atoms with E-state index in [-0.39, 0.29) is 0 Å². The van der Waals surface area contributed by atoms with E-state index in [2.05, 4.69) is 13.8 Å². The summed E-state index contributed by atoms with van der Waals surface area (Å²) >= 11 is 0. The number of ether oxygens (including phenoxy) is 1. The van der Waals surface area contributed by atoms with Gasteiger partial charge in [0.25, 0.3) is 0 Å². The molecule has 0 spiro atoms. The SMILES string of the molecule is COc1ccc(P2(=O)CC(CC(C)C)CCCN2O)cc1. The fourth-order valence-electron chi connectivity index (χ4n) is 3.13. The van der Waals surface area contributed by atoms with Crippen LogP contribution >= 0.6 is 7.29 Å². The Bertz CT molecular complexity index is 501. The molecule has 1 aliphatic heterocycles. The molecule has 5 heteroatoms. The average Bonchev–Trinajstić information content (AvgIpc) is 2.59. The van der Waals surface area contributed by atoms with Gasteiger partial charge in [0.15, 0.2) is 0 Å². The van der Waals surface area contributed by atoms with Crippen LogP contribution in [0.2, 0.25) is 0 Å². The number of methoxy groups -OCH3 is 1. The predicted octanol–water partition coefficient (Wildman–Crippen LogP) is 3.75. The number of rotatable bonds is 4. The Labute approximate surface area is 127 Å². The lowest BCUT2D eigenvalue weighted by molar-refractivity contribution is 0.00250. The number of nitrogens with zero attached hydrogens (tertiary/aromatic N) is 1. The monoisotopic (exact) mass is 311 g/mol. The van der Waals surface area contributed by atoms with E-state index in [0.717, 1.165) is 35.2 Å². The molecule has 0 radical (unpaired) electrons. The van der Waals surface area contributed by atoms with E-state index in [0.29, 0.717) is 24.5 Å². The van der Waals surface area contributed by atoms with Crippen molar-refractivity contribution in [3.63, 3.8) is 0 Å². The lowest BCUT2D eigenvalue weighted by Crippen LogP contribution is -2.25. The van der Waals surface area contributed by atoms with Gasteiger partial charge in [-0.1, -0.05) is 13.8 Å². The molecule has 2 rings (SSSR count). The molecule has 2 atom stereocenters. The van der Waals surface area contributed by atoms with E-state index in [1.165, 1.54) is 0 Å². The highest BCUT2D eigenvalue weighted by Crippen LogP contribution is 2.52. The first-order valence-electron chi connectivity index (χ1n) is 7.66. The zero-order chi connectivity index (χ0) is 15.5. The van der Waals surface area contributed by atoms with Gasteiger partial charge in [-0.15, -0.1) is 4.83 Å². The molecule has 0 saturated carbocycles. The molecule has 21 heavy (non-hydrogen) atoms. The van der Waals surface area contributed by atoms with Gasteiger partial charge in [0.2, 0.25) is 7.29 Å². The van der Waals surface area contributed by atoms with Crippen molar-refractivity contribution in [3.8, 4) is 5.75 Å². The van der Waals surface area contributed by atoms with Gasteiger partial charge in [0.1, 0.15) is 5.75 Å². The van der Waals surface area contributed by atoms with Crippen molar-refractivity contribution in [2.75, 3.05) is 19.8 Å². The van der Waals surface area contributed by atoms with Crippen molar-refractivity contribution < 1.29 is 14.5 Å². The minimum Gasteiger partial charge on any atom is -0.497 e. The molecule has 4 nitrogen and oxygen atoms in total. The smallest absolute Gasteiger partial charge is 0.200 e. The molecule has 0 aliphatic carbocycles. The van der Waals surface area contributed by atoms with Crippen molar-refractivity contribution in [2.45, 2.75) is 33.1 Å². The van der Waals surface area contributed by atoms with Crippen LogP contribution in [0, 0.1) is 11.8 Å². The van der Waals surface area contributed by atoms with Crippen molar-refractivity contribution in [2.24, 2.45) is 11.8 Å². The van der Waals surface area contributed by atoms with Crippen LogP contribution < -0.4 is 10.0 Å². The second kappa shape index (κ2) is 6.95. The Morgan fingerprint density at radius 3 is 2.62 bits per heavy atom. The first-order valence-corrected chi connectivity index (χ1v) is 9.50. The number of hydrogen-bond acceptors (Lipinski definition) is 3. The fraction of sp³-hybridized carbons (Fsp3) is 0.625. The highest BCUT2D eigenvalue weighted by atomic mass is 31.2. The van der Waals surface area contributed by atoms with Gasteiger partial charge in [-0.25, -0.2) is 0 Å². The zero-order valence-corrected chi connectivity index (χ0v) is 14.1. The molecular formula is C16H26NO3P. The van der Waals surface area contributed by atoms with E-state index in [1.807, 2.05) is 24.3 Å². The lowest BCUT2D eigenvalue weighted by atomic mass is 9.95. The average molecular weight is 311 g/mol. The van der Waals surface area contributed by atoms with E-state index in [9.17, 15) is 9.77 Å². The number of hydrogen-bond donors (Lipinski definition) is 1. The normalized spacial score (nSPS) is 27.6. The Hall–Kier alpha value is -0.830. The molecule has 0 amide bonds. The molecular weight excluding hydrogens is 285 g/mol. The second-order valence-electron chi connectivity index (χ2n) is 6.32. The molecule has 1 heterocycles. The van der Waals surface area contributed by atoms with Crippen molar-refractivity contribution in [3.05, 3.63) is 24.3 Å². The minimum absolute atomic E-state index is 0.412. The molecule has 118 valence electrons. The maximum absolute atomic E-state index is 13.4. The van der Waals surface area contributed by atoms with Crippen molar-refractivity contribution in [1.29, 1.82) is 0 Å². The number of benzene rings is 1. The third kappa shape index (κ3) is 3.88. The highest BCUT2D eigenvalue weighted by Gasteiger charge is 2.37. The highest BCUT2D eigenvalue weighted by molar-refractivity contribution is 7.69. The topological polar surface area (TPSA) is 49.8 Å². The van der Waals surface area contributed by atoms with Gasteiger partial charge in [-0.2, -0.15) is 0 Å². The van der Waals surface area contributed by atoms with Gasteiger partial charge in [-0.05, 0) is 55.4 Å². The van der Waals surface area contributed by atoms with Crippen molar-refractivity contribution >= 4 is 12.6 Å². The van der Waals surface area contributed by atoms with Crippen LogP contribution in [0.5, 0.6) is 5.75 Å². The molecule has 1 saturated heterocycles. The maximum atomic E-state index is 13.4. The van der Waals surface area contributed by atoms with Gasteiger partial charge in [0.05, 0.1) is 7.11 Å². The van der Waals surface area contributed by atoms with E-state index >= 15 is 0 Å². The standard InChI is InChI=1S/C16H26NO3P/c1-13(2)11-14-5-4-10-17(18)21(19,12-14)16-8-6-15(20-3)7-9-16/h6-9,13-14,18H,4-5,10-12H2,1-3H3. The van der Waals surface area contributed by atoms with Gasteiger partial charge >= 0.3 is 0 Å². The number of hydroxylamine groups is 1. The minimum atomic E-state index is -2.91. The Morgan fingerprint density at radius 1 is 1.38 bits per heavy atom. The van der Waals surface area contributed by atoms with Crippen LogP contribution in [0.25, 0.3) is 0 Å². The Kier molecular flexibility index (Phi) is 5.48. The summed E-state index contributed by atoms with van der Waals surface area (Å²) in [5.74, 6) is 1.74. The Morgan fingerprint density at radius 2 is 2.05 bits per heavy atom. The molecule has 0 aromatic heterocycles. The lowest BCUT2D eigenvalue weighted by Gasteiger charge is -2.27. The quantitative estimate of drug-likeness (QED) is 0.861. The summed E-state index contributed by atoms with van der Waals surface area (Å²) in [6.45, 7) is 4.87. The second-order valence-corrected chi connectivity index (χ2v) is 9.06. The molecule has 1 aromatic rings. The molecule has 0 bridgehead atoms. The van der Waals surface area contributed by atoms with Crippen LogP contribution in [-0.4, -0.2) is 29.9 Å². The summed E-state index contributed by atoms with van der Waals surface area (Å²) in [5.41, 5.74) is 0. The zero-order valence-electron chi connectivity index (χ0n) is 13.2. The summed E-state index contributed by atoms with van der Waals surface area (Å²) in [5, 5.41) is 11.0. The van der Waals surface area contributed by atoms with Crippen LogP contribution in [0.1, 0.15) is 33.1 Å². The van der Waals surface area contributed by atoms with Crippen LogP contribution in [0.4, 0.5) is 0 Å². The van der Waals surface area contributed by atoms with Gasteiger partial charge < -0.3 is 9.94 Å². The first kappa shape index (κ1) is 16.5. The first-order chi connectivity index (χ1) is 9.95. The fourth-order valence-corrected chi connectivity index (χ4v) is 5.91. The molecule has 1 aliphatic rings. The molecule has 1 aromatic carbocycles. The maximum Gasteiger partial charge on any atom is 0.200 e. The van der Waals surface area contributed by atoms with E-state index in [4.69, 9.17) is 4.74 Å². The largest absolute Gasteiger partial charge is 0.497 e.